The number of carboxylic acid groups (broad SMARTS) is 1. The SMILES string of the molecule is Cn1nc(Cc2ccc(Cl)c(Cl)c2)c(C(=O)NC2(c3ccc(C(=O)O)cc3)CC2)c1C(F)F. The zero-order valence-electron chi connectivity index (χ0n) is 17.4. The molecular formula is C23H19Cl2F2N3O3. The van der Waals surface area contributed by atoms with Crippen molar-refractivity contribution >= 4 is 35.1 Å². The van der Waals surface area contributed by atoms with Crippen molar-refractivity contribution in [2.75, 3.05) is 0 Å². The van der Waals surface area contributed by atoms with E-state index in [0.29, 0.717) is 28.5 Å². The lowest BCUT2D eigenvalue weighted by Gasteiger charge is -2.19. The zero-order valence-corrected chi connectivity index (χ0v) is 18.9. The molecule has 4 rings (SSSR count). The first-order chi connectivity index (χ1) is 15.6. The molecule has 0 bridgehead atoms. The van der Waals surface area contributed by atoms with Gasteiger partial charge in [0, 0.05) is 13.5 Å². The fourth-order valence-corrected chi connectivity index (χ4v) is 4.20. The number of hydrogen-bond donors (Lipinski definition) is 2. The van der Waals surface area contributed by atoms with Gasteiger partial charge in [-0.15, -0.1) is 0 Å². The largest absolute Gasteiger partial charge is 0.478 e. The van der Waals surface area contributed by atoms with Gasteiger partial charge < -0.3 is 10.4 Å². The molecule has 1 fully saturated rings. The number of carbonyl (C=O) groups excluding carboxylic acids is 1. The van der Waals surface area contributed by atoms with Crippen LogP contribution >= 0.6 is 23.2 Å². The molecule has 10 heteroatoms. The van der Waals surface area contributed by atoms with Gasteiger partial charge in [0.2, 0.25) is 0 Å². The Morgan fingerprint density at radius 3 is 2.36 bits per heavy atom. The Kier molecular flexibility index (Phi) is 6.16. The van der Waals surface area contributed by atoms with E-state index in [-0.39, 0.29) is 23.2 Å². The summed E-state index contributed by atoms with van der Waals surface area (Å²) in [4.78, 5) is 24.4. The number of carbonyl (C=O) groups is 2. The lowest BCUT2D eigenvalue weighted by Crippen LogP contribution is -2.35. The van der Waals surface area contributed by atoms with E-state index < -0.39 is 29.5 Å². The Balaban J connectivity index is 1.66. The molecule has 0 saturated heterocycles. The fraction of sp³-hybridized carbons (Fsp3) is 0.261. The molecule has 1 heterocycles. The Labute approximate surface area is 198 Å². The first kappa shape index (κ1) is 23.2. The molecule has 2 N–H and O–H groups in total. The average Bonchev–Trinajstić information content (AvgIpc) is 3.46. The Bertz CT molecular complexity index is 1240. The van der Waals surface area contributed by atoms with Gasteiger partial charge in [-0.1, -0.05) is 41.4 Å². The summed E-state index contributed by atoms with van der Waals surface area (Å²) < 4.78 is 28.8. The second-order valence-corrected chi connectivity index (χ2v) is 8.79. The van der Waals surface area contributed by atoms with Gasteiger partial charge >= 0.3 is 5.97 Å². The number of amides is 1. The first-order valence-electron chi connectivity index (χ1n) is 10.1. The lowest BCUT2D eigenvalue weighted by atomic mass is 10.0. The molecule has 1 aliphatic carbocycles. The molecule has 0 aliphatic heterocycles. The number of halogens is 4. The van der Waals surface area contributed by atoms with Crippen LogP contribution in [0.25, 0.3) is 0 Å². The van der Waals surface area contributed by atoms with E-state index in [1.165, 1.54) is 19.2 Å². The zero-order chi connectivity index (χ0) is 23.9. The summed E-state index contributed by atoms with van der Waals surface area (Å²) in [5.74, 6) is -1.72. The maximum absolute atomic E-state index is 13.9. The monoisotopic (exact) mass is 493 g/mol. The number of aryl methyl sites for hydroxylation is 1. The van der Waals surface area contributed by atoms with Gasteiger partial charge in [0.05, 0.1) is 32.4 Å². The molecule has 6 nitrogen and oxygen atoms in total. The van der Waals surface area contributed by atoms with Crippen LogP contribution in [0.15, 0.2) is 42.5 Å². The van der Waals surface area contributed by atoms with Gasteiger partial charge in [0.15, 0.2) is 0 Å². The van der Waals surface area contributed by atoms with Crippen molar-refractivity contribution in [2.24, 2.45) is 7.05 Å². The van der Waals surface area contributed by atoms with Crippen molar-refractivity contribution in [2.45, 2.75) is 31.2 Å². The van der Waals surface area contributed by atoms with E-state index in [1.807, 2.05) is 0 Å². The molecule has 1 saturated carbocycles. The summed E-state index contributed by atoms with van der Waals surface area (Å²) in [5.41, 5.74) is 0.325. The van der Waals surface area contributed by atoms with Crippen LogP contribution in [-0.2, 0) is 19.0 Å². The predicted octanol–water partition coefficient (Wildman–Crippen LogP) is 5.37. The Morgan fingerprint density at radius 2 is 1.82 bits per heavy atom. The standard InChI is InChI=1S/C23H19Cl2F2N3O3/c1-30-19(20(26)27)18(17(29-30)11-12-2-7-15(24)16(25)10-12)21(31)28-23(8-9-23)14-5-3-13(4-6-14)22(32)33/h2-7,10,20H,8-9,11H2,1H3,(H,28,31)(H,32,33). The molecular weight excluding hydrogens is 475 g/mol. The van der Waals surface area contributed by atoms with Crippen LogP contribution in [0.4, 0.5) is 8.78 Å². The molecule has 2 aromatic carbocycles. The highest BCUT2D eigenvalue weighted by Gasteiger charge is 2.46. The van der Waals surface area contributed by atoms with Crippen LogP contribution in [0, 0.1) is 0 Å². The smallest absolute Gasteiger partial charge is 0.335 e. The summed E-state index contributed by atoms with van der Waals surface area (Å²) in [6.45, 7) is 0. The molecule has 1 amide bonds. The summed E-state index contributed by atoms with van der Waals surface area (Å²) in [6, 6.07) is 11.1. The molecule has 1 aromatic heterocycles. The van der Waals surface area contributed by atoms with Gasteiger partial charge in [-0.3, -0.25) is 9.48 Å². The summed E-state index contributed by atoms with van der Waals surface area (Å²) in [5, 5.41) is 16.8. The van der Waals surface area contributed by atoms with Gasteiger partial charge in [-0.05, 0) is 48.2 Å². The highest BCUT2D eigenvalue weighted by atomic mass is 35.5. The number of nitrogens with zero attached hydrogens (tertiary/aromatic N) is 2. The molecule has 33 heavy (non-hydrogen) atoms. The summed E-state index contributed by atoms with van der Waals surface area (Å²) in [6.07, 6.45) is -1.58. The molecule has 0 unspecified atom stereocenters. The van der Waals surface area contributed by atoms with Crippen molar-refractivity contribution in [1.82, 2.24) is 15.1 Å². The fourth-order valence-electron chi connectivity index (χ4n) is 3.88. The molecule has 0 spiro atoms. The van der Waals surface area contributed by atoms with Crippen LogP contribution in [0.1, 0.15) is 62.5 Å². The van der Waals surface area contributed by atoms with Crippen molar-refractivity contribution in [3.63, 3.8) is 0 Å². The minimum absolute atomic E-state index is 0.112. The topological polar surface area (TPSA) is 84.2 Å². The van der Waals surface area contributed by atoms with Crippen LogP contribution in [-0.4, -0.2) is 26.8 Å². The van der Waals surface area contributed by atoms with Crippen LogP contribution in [0.2, 0.25) is 10.0 Å². The highest BCUT2D eigenvalue weighted by molar-refractivity contribution is 6.42. The van der Waals surface area contributed by atoms with Gasteiger partial charge in [-0.25, -0.2) is 13.6 Å². The molecule has 1 aliphatic rings. The molecule has 0 atom stereocenters. The average molecular weight is 494 g/mol. The van der Waals surface area contributed by atoms with Crippen LogP contribution < -0.4 is 5.32 Å². The molecule has 172 valence electrons. The van der Waals surface area contributed by atoms with Crippen molar-refractivity contribution in [1.29, 1.82) is 0 Å². The Hall–Kier alpha value is -2.97. The van der Waals surface area contributed by atoms with Gasteiger partial charge in [-0.2, -0.15) is 5.10 Å². The van der Waals surface area contributed by atoms with Crippen molar-refractivity contribution < 1.29 is 23.5 Å². The highest BCUT2D eigenvalue weighted by Crippen LogP contribution is 2.46. The van der Waals surface area contributed by atoms with Crippen molar-refractivity contribution in [3.8, 4) is 0 Å². The normalized spacial score (nSPS) is 14.4. The predicted molar refractivity (Wildman–Crippen MR) is 119 cm³/mol. The third-order valence-electron chi connectivity index (χ3n) is 5.74. The minimum Gasteiger partial charge on any atom is -0.478 e. The molecule has 0 radical (unpaired) electrons. The van der Waals surface area contributed by atoms with E-state index in [2.05, 4.69) is 10.4 Å². The second kappa shape index (κ2) is 8.76. The van der Waals surface area contributed by atoms with Crippen molar-refractivity contribution in [3.05, 3.63) is 86.2 Å². The van der Waals surface area contributed by atoms with Gasteiger partial charge in [0.1, 0.15) is 5.69 Å². The minimum atomic E-state index is -2.91. The van der Waals surface area contributed by atoms with E-state index in [1.54, 1.807) is 30.3 Å². The van der Waals surface area contributed by atoms with Gasteiger partial charge in [0.25, 0.3) is 12.3 Å². The first-order valence-corrected chi connectivity index (χ1v) is 10.8. The lowest BCUT2D eigenvalue weighted by molar-refractivity contribution is 0.0696. The number of hydrogen-bond acceptors (Lipinski definition) is 3. The number of alkyl halides is 2. The number of aromatic carboxylic acids is 1. The van der Waals surface area contributed by atoms with E-state index in [0.717, 1.165) is 10.2 Å². The maximum atomic E-state index is 13.9. The molecule has 3 aromatic rings. The summed E-state index contributed by atoms with van der Waals surface area (Å²) in [7, 11) is 1.37. The summed E-state index contributed by atoms with van der Waals surface area (Å²) >= 11 is 12.0. The number of rotatable bonds is 7. The number of benzene rings is 2. The number of carboxylic acids is 1. The maximum Gasteiger partial charge on any atom is 0.335 e. The Morgan fingerprint density at radius 1 is 1.15 bits per heavy atom. The van der Waals surface area contributed by atoms with E-state index in [4.69, 9.17) is 28.3 Å². The van der Waals surface area contributed by atoms with Crippen LogP contribution in [0.3, 0.4) is 0 Å². The third kappa shape index (κ3) is 4.58. The van der Waals surface area contributed by atoms with Crippen LogP contribution in [0.5, 0.6) is 0 Å². The number of nitrogens with one attached hydrogen (secondary N) is 1. The van der Waals surface area contributed by atoms with E-state index in [9.17, 15) is 18.4 Å². The second-order valence-electron chi connectivity index (χ2n) is 7.98. The third-order valence-corrected chi connectivity index (χ3v) is 6.48. The van der Waals surface area contributed by atoms with E-state index >= 15 is 0 Å². The quantitative estimate of drug-likeness (QED) is 0.463. The number of aromatic nitrogens is 2.